The van der Waals surface area contributed by atoms with Gasteiger partial charge in [0.25, 0.3) is 0 Å². The number of nitrogens with one attached hydrogen (secondary N) is 1. The quantitative estimate of drug-likeness (QED) is 0.911. The van der Waals surface area contributed by atoms with Crippen LogP contribution in [0.25, 0.3) is 0 Å². The zero-order valence-electron chi connectivity index (χ0n) is 8.46. The number of nitrogens with zero attached hydrogens (tertiary/aromatic N) is 1. The molecular weight excluding hydrogens is 260 g/mol. The van der Waals surface area contributed by atoms with Crippen molar-refractivity contribution in [2.45, 2.75) is 19.0 Å². The summed E-state index contributed by atoms with van der Waals surface area (Å²) in [5.74, 6) is 0. The van der Waals surface area contributed by atoms with Gasteiger partial charge in [0.2, 0.25) is 0 Å². The van der Waals surface area contributed by atoms with E-state index in [1.54, 1.807) is 0 Å². The minimum absolute atomic E-state index is 0.526. The van der Waals surface area contributed by atoms with Gasteiger partial charge >= 0.3 is 0 Å². The highest BCUT2D eigenvalue weighted by Gasteiger charge is 2.26. The lowest BCUT2D eigenvalue weighted by Gasteiger charge is -2.39. The van der Waals surface area contributed by atoms with E-state index in [0.717, 1.165) is 13.1 Å². The van der Waals surface area contributed by atoms with E-state index in [2.05, 4.69) is 52.3 Å². The van der Waals surface area contributed by atoms with Crippen molar-refractivity contribution < 1.29 is 0 Å². The molecule has 1 aliphatic heterocycles. The maximum Gasteiger partial charge on any atom is 0.0701 e. The van der Waals surface area contributed by atoms with Crippen LogP contribution in [0.3, 0.4) is 0 Å². The SMILES string of the molecule is CC(c1ccc(Br)s1)N(C)C1CNC1. The number of hydrogen-bond acceptors (Lipinski definition) is 3. The van der Waals surface area contributed by atoms with E-state index >= 15 is 0 Å². The second-order valence-electron chi connectivity index (χ2n) is 3.80. The lowest BCUT2D eigenvalue weighted by atomic mass is 10.1. The van der Waals surface area contributed by atoms with Crippen molar-refractivity contribution in [3.05, 3.63) is 20.8 Å². The first-order valence-corrected chi connectivity index (χ1v) is 6.47. The van der Waals surface area contributed by atoms with Crippen molar-refractivity contribution in [3.8, 4) is 0 Å². The molecule has 2 heterocycles. The zero-order valence-corrected chi connectivity index (χ0v) is 10.9. The second-order valence-corrected chi connectivity index (χ2v) is 6.29. The molecule has 1 saturated heterocycles. The van der Waals surface area contributed by atoms with Crippen LogP contribution in [0.2, 0.25) is 0 Å². The molecule has 1 N–H and O–H groups in total. The van der Waals surface area contributed by atoms with Crippen LogP contribution in [0.1, 0.15) is 17.8 Å². The van der Waals surface area contributed by atoms with E-state index in [1.165, 1.54) is 8.66 Å². The molecule has 0 spiro atoms. The van der Waals surface area contributed by atoms with Gasteiger partial charge in [0, 0.05) is 30.1 Å². The lowest BCUT2D eigenvalue weighted by Crippen LogP contribution is -2.56. The number of likely N-dealkylation sites (N-methyl/N-ethyl adjacent to an activating group) is 1. The van der Waals surface area contributed by atoms with Crippen LogP contribution in [-0.4, -0.2) is 31.1 Å². The third kappa shape index (κ3) is 2.03. The van der Waals surface area contributed by atoms with Crippen molar-refractivity contribution in [3.63, 3.8) is 0 Å². The predicted molar refractivity (Wildman–Crippen MR) is 64.9 cm³/mol. The van der Waals surface area contributed by atoms with E-state index in [1.807, 2.05) is 11.3 Å². The average molecular weight is 275 g/mol. The molecule has 0 aliphatic carbocycles. The molecule has 0 saturated carbocycles. The maximum atomic E-state index is 3.51. The first-order chi connectivity index (χ1) is 6.68. The number of rotatable bonds is 3. The average Bonchev–Trinajstić information content (AvgIpc) is 2.47. The normalized spacial score (nSPS) is 19.7. The number of halogens is 1. The third-order valence-electron chi connectivity index (χ3n) is 2.95. The van der Waals surface area contributed by atoms with Gasteiger partial charge in [-0.15, -0.1) is 11.3 Å². The van der Waals surface area contributed by atoms with Crippen molar-refractivity contribution in [1.82, 2.24) is 10.2 Å². The molecule has 0 amide bonds. The van der Waals surface area contributed by atoms with Gasteiger partial charge in [0.1, 0.15) is 0 Å². The highest BCUT2D eigenvalue weighted by atomic mass is 79.9. The molecule has 2 rings (SSSR count). The fourth-order valence-corrected chi connectivity index (χ4v) is 3.16. The Bertz CT molecular complexity index is 309. The molecule has 0 bridgehead atoms. The Balaban J connectivity index is 2.03. The summed E-state index contributed by atoms with van der Waals surface area (Å²) in [5.41, 5.74) is 0. The summed E-state index contributed by atoms with van der Waals surface area (Å²) in [4.78, 5) is 3.89. The van der Waals surface area contributed by atoms with Gasteiger partial charge < -0.3 is 5.32 Å². The van der Waals surface area contributed by atoms with Crippen molar-refractivity contribution in [1.29, 1.82) is 0 Å². The Kier molecular flexibility index (Phi) is 3.27. The van der Waals surface area contributed by atoms with Crippen molar-refractivity contribution >= 4 is 27.3 Å². The standard InChI is InChI=1S/C10H15BrN2S/c1-7(9-3-4-10(11)14-9)13(2)8-5-12-6-8/h3-4,7-8,12H,5-6H2,1-2H3. The van der Waals surface area contributed by atoms with Crippen LogP contribution in [-0.2, 0) is 0 Å². The van der Waals surface area contributed by atoms with E-state index in [9.17, 15) is 0 Å². The third-order valence-corrected chi connectivity index (χ3v) is 4.75. The lowest BCUT2D eigenvalue weighted by molar-refractivity contribution is 0.138. The molecule has 2 nitrogen and oxygen atoms in total. The van der Waals surface area contributed by atoms with Crippen molar-refractivity contribution in [2.24, 2.45) is 0 Å². The van der Waals surface area contributed by atoms with E-state index in [-0.39, 0.29) is 0 Å². The topological polar surface area (TPSA) is 15.3 Å². The molecule has 1 aromatic heterocycles. The Hall–Kier alpha value is 0.1000. The van der Waals surface area contributed by atoms with E-state index in [4.69, 9.17) is 0 Å². The van der Waals surface area contributed by atoms with Crippen LogP contribution in [0, 0.1) is 0 Å². The summed E-state index contributed by atoms with van der Waals surface area (Å²) in [6.45, 7) is 4.54. The molecule has 1 atom stereocenters. The van der Waals surface area contributed by atoms with Crippen LogP contribution in [0.15, 0.2) is 15.9 Å². The van der Waals surface area contributed by atoms with Gasteiger partial charge in [-0.3, -0.25) is 4.90 Å². The Morgan fingerprint density at radius 1 is 1.57 bits per heavy atom. The predicted octanol–water partition coefficient (Wildman–Crippen LogP) is 2.48. The Morgan fingerprint density at radius 3 is 2.71 bits per heavy atom. The van der Waals surface area contributed by atoms with E-state index in [0.29, 0.717) is 12.1 Å². The van der Waals surface area contributed by atoms with Crippen LogP contribution >= 0.6 is 27.3 Å². The molecule has 1 fully saturated rings. The number of hydrogen-bond donors (Lipinski definition) is 1. The molecule has 4 heteroatoms. The monoisotopic (exact) mass is 274 g/mol. The molecule has 78 valence electrons. The molecule has 1 aliphatic rings. The second kappa shape index (κ2) is 4.31. The van der Waals surface area contributed by atoms with Gasteiger partial charge in [0.15, 0.2) is 0 Å². The first kappa shape index (κ1) is 10.6. The fraction of sp³-hybridized carbons (Fsp3) is 0.600. The minimum atomic E-state index is 0.526. The van der Waals surface area contributed by atoms with Gasteiger partial charge in [-0.05, 0) is 42.0 Å². The van der Waals surface area contributed by atoms with E-state index < -0.39 is 0 Å². The highest BCUT2D eigenvalue weighted by molar-refractivity contribution is 9.11. The Morgan fingerprint density at radius 2 is 2.29 bits per heavy atom. The van der Waals surface area contributed by atoms with Gasteiger partial charge in [0.05, 0.1) is 3.79 Å². The summed E-state index contributed by atoms with van der Waals surface area (Å²) in [7, 11) is 2.21. The summed E-state index contributed by atoms with van der Waals surface area (Å²) >= 11 is 5.34. The molecule has 0 radical (unpaired) electrons. The molecular formula is C10H15BrN2S. The maximum absolute atomic E-state index is 3.51. The van der Waals surface area contributed by atoms with Crippen LogP contribution in [0.4, 0.5) is 0 Å². The smallest absolute Gasteiger partial charge is 0.0701 e. The summed E-state index contributed by atoms with van der Waals surface area (Å²) in [6, 6.07) is 5.58. The summed E-state index contributed by atoms with van der Waals surface area (Å²) in [6.07, 6.45) is 0. The molecule has 14 heavy (non-hydrogen) atoms. The fourth-order valence-electron chi connectivity index (χ4n) is 1.63. The van der Waals surface area contributed by atoms with Crippen molar-refractivity contribution in [2.75, 3.05) is 20.1 Å². The first-order valence-electron chi connectivity index (χ1n) is 4.86. The van der Waals surface area contributed by atoms with Gasteiger partial charge in [-0.2, -0.15) is 0 Å². The van der Waals surface area contributed by atoms with Gasteiger partial charge in [-0.25, -0.2) is 0 Å². The van der Waals surface area contributed by atoms with Gasteiger partial charge in [-0.1, -0.05) is 0 Å². The minimum Gasteiger partial charge on any atom is -0.314 e. The largest absolute Gasteiger partial charge is 0.314 e. The zero-order chi connectivity index (χ0) is 10.1. The Labute approximate surface area is 97.4 Å². The summed E-state index contributed by atoms with van der Waals surface area (Å²) < 4.78 is 1.22. The summed E-state index contributed by atoms with van der Waals surface area (Å²) in [5, 5.41) is 3.31. The van der Waals surface area contributed by atoms with Crippen LogP contribution in [0.5, 0.6) is 0 Å². The highest BCUT2D eigenvalue weighted by Crippen LogP contribution is 2.31. The molecule has 1 unspecified atom stereocenters. The molecule has 0 aromatic carbocycles. The molecule has 1 aromatic rings. The van der Waals surface area contributed by atoms with Crippen LogP contribution < -0.4 is 5.32 Å². The number of thiophene rings is 1.